The molecule has 0 bridgehead atoms. The van der Waals surface area contributed by atoms with Gasteiger partial charge in [-0.2, -0.15) is 0 Å². The number of nitrogens with zero attached hydrogens (tertiary/aromatic N) is 1. The first-order chi connectivity index (χ1) is 42.1. The van der Waals surface area contributed by atoms with E-state index in [0.717, 1.165) is 121 Å². The number of carboxylic acid groups (broad SMARTS) is 1. The molecule has 6 unspecified atom stereocenters. The summed E-state index contributed by atoms with van der Waals surface area (Å²) in [6.07, 6.45) is 47.1. The van der Waals surface area contributed by atoms with Crippen LogP contribution < -0.4 is 0 Å². The molecule has 0 aliphatic carbocycles. The number of rotatable bonds is 53. The lowest BCUT2D eigenvalue weighted by Gasteiger charge is -2.25. The molecule has 1 amide bonds. The normalized spacial score (nSPS) is 14.4. The molecular weight excluding hydrogens is 1090 g/mol. The summed E-state index contributed by atoms with van der Waals surface area (Å²) in [5.41, 5.74) is 0. The molecule has 0 radical (unpaired) electrons. The Labute approximate surface area is 538 Å². The fourth-order valence-corrected chi connectivity index (χ4v) is 10.4. The zero-order valence-electron chi connectivity index (χ0n) is 59.8. The number of ketones is 1. The molecular formula is C75H145NO11. The van der Waals surface area contributed by atoms with Gasteiger partial charge in [-0.25, -0.2) is 4.79 Å². The van der Waals surface area contributed by atoms with Crippen LogP contribution in [0.1, 0.15) is 367 Å². The highest BCUT2D eigenvalue weighted by Crippen LogP contribution is 2.26. The first kappa shape index (κ1) is 90.0. The predicted octanol–water partition coefficient (Wildman–Crippen LogP) is 22.3. The van der Waals surface area contributed by atoms with E-state index in [0.29, 0.717) is 50.5 Å². The van der Waals surface area contributed by atoms with Gasteiger partial charge in [0.05, 0.1) is 32.2 Å². The van der Waals surface area contributed by atoms with Crippen LogP contribution in [-0.4, -0.2) is 85.1 Å². The molecule has 0 aromatic carbocycles. The summed E-state index contributed by atoms with van der Waals surface area (Å²) in [6, 6.07) is 0.403. The molecule has 1 N–H and O–H groups in total. The van der Waals surface area contributed by atoms with Crippen molar-refractivity contribution >= 4 is 36.1 Å². The maximum Gasteiger partial charge on any atom is 0.410 e. The van der Waals surface area contributed by atoms with Gasteiger partial charge in [-0.05, 0) is 101 Å². The quantitative estimate of drug-likeness (QED) is 0.0203. The molecule has 87 heavy (non-hydrogen) atoms. The van der Waals surface area contributed by atoms with Crippen molar-refractivity contribution in [2.45, 2.75) is 373 Å². The van der Waals surface area contributed by atoms with E-state index in [1.165, 1.54) is 148 Å². The summed E-state index contributed by atoms with van der Waals surface area (Å²) in [7, 11) is 0. The third-order valence-corrected chi connectivity index (χ3v) is 16.7. The Morgan fingerprint density at radius 2 is 0.954 bits per heavy atom. The van der Waals surface area contributed by atoms with Gasteiger partial charge in [-0.1, -0.05) is 257 Å². The third kappa shape index (κ3) is 62.5. The third-order valence-electron chi connectivity index (χ3n) is 16.7. The van der Waals surface area contributed by atoms with Gasteiger partial charge in [-0.15, -0.1) is 0 Å². The molecule has 12 nitrogen and oxygen atoms in total. The Kier molecular flexibility index (Phi) is 72.4. The fourth-order valence-electron chi connectivity index (χ4n) is 10.4. The molecule has 6 atom stereocenters. The van der Waals surface area contributed by atoms with Crippen LogP contribution in [0, 0.1) is 29.6 Å². The molecule has 0 spiro atoms. The van der Waals surface area contributed by atoms with Crippen LogP contribution in [0.5, 0.6) is 0 Å². The van der Waals surface area contributed by atoms with Gasteiger partial charge in [0.2, 0.25) is 0 Å². The number of allylic oxidation sites excluding steroid dienone is 2. The van der Waals surface area contributed by atoms with Crippen molar-refractivity contribution in [2.75, 3.05) is 33.0 Å². The maximum absolute atomic E-state index is 12.3. The van der Waals surface area contributed by atoms with Gasteiger partial charge in [0, 0.05) is 57.0 Å². The van der Waals surface area contributed by atoms with E-state index in [-0.39, 0.29) is 49.0 Å². The molecule has 1 aliphatic rings. The van der Waals surface area contributed by atoms with Crippen molar-refractivity contribution in [3.05, 3.63) is 11.8 Å². The number of carbonyl (C=O) groups is 6. The number of amides is 1. The Morgan fingerprint density at radius 1 is 0.506 bits per heavy atom. The van der Waals surface area contributed by atoms with E-state index in [1.807, 2.05) is 39.5 Å². The van der Waals surface area contributed by atoms with Gasteiger partial charge >= 0.3 is 24.0 Å². The number of ether oxygens (including phenoxy) is 4. The average Bonchev–Trinajstić information content (AvgIpc) is 3.91. The van der Waals surface area contributed by atoms with E-state index in [9.17, 15) is 28.8 Å². The molecule has 1 heterocycles. The largest absolute Gasteiger partial charge is 0.498 e. The topological polar surface area (TPSA) is 163 Å². The number of unbranched alkanes of at least 4 members (excludes halogenated alkanes) is 23. The number of likely N-dealkylation sites (tertiary alicyclic amines) is 1. The SMILES string of the molecule is C/C=C(/CC(CC)CC(=O)OCCCCCCCC)OCCCCCCCC.CC.CCC(C)C=O.CCCCCC(COC(=O)N1CCCC1CC)CC(C)CC.CCCCCCCCCC(=O)CC(CC(=O)O)CC(=O)OCCCCCCCC. The lowest BCUT2D eigenvalue weighted by Crippen LogP contribution is -2.36. The fraction of sp³-hybridized carbons (Fsp3) is 0.893. The summed E-state index contributed by atoms with van der Waals surface area (Å²) in [5.74, 6) is 1.06. The molecule has 516 valence electrons. The Hall–Kier alpha value is -3.44. The van der Waals surface area contributed by atoms with Crippen molar-refractivity contribution in [1.29, 1.82) is 0 Å². The second-order valence-electron chi connectivity index (χ2n) is 24.9. The first-order valence-electron chi connectivity index (χ1n) is 36.8. The van der Waals surface area contributed by atoms with E-state index >= 15 is 0 Å². The minimum absolute atomic E-state index is 0.0187. The minimum atomic E-state index is -0.970. The van der Waals surface area contributed by atoms with Crippen LogP contribution in [0.3, 0.4) is 0 Å². The molecule has 1 aliphatic heterocycles. The maximum atomic E-state index is 12.3. The van der Waals surface area contributed by atoms with E-state index < -0.39 is 11.9 Å². The van der Waals surface area contributed by atoms with Crippen LogP contribution in [0.2, 0.25) is 0 Å². The molecule has 1 saturated heterocycles. The van der Waals surface area contributed by atoms with E-state index in [1.54, 1.807) is 0 Å². The average molecular weight is 1240 g/mol. The highest BCUT2D eigenvalue weighted by molar-refractivity contribution is 5.80. The minimum Gasteiger partial charge on any atom is -0.498 e. The Balaban J connectivity index is -0.000000561. The van der Waals surface area contributed by atoms with Crippen LogP contribution in [0.25, 0.3) is 0 Å². The number of carbonyl (C=O) groups excluding carboxylic acids is 5. The van der Waals surface area contributed by atoms with Crippen LogP contribution >= 0.6 is 0 Å². The second-order valence-corrected chi connectivity index (χ2v) is 24.9. The number of hydrogen-bond donors (Lipinski definition) is 1. The Bertz CT molecular complexity index is 1540. The highest BCUT2D eigenvalue weighted by Gasteiger charge is 2.29. The number of aliphatic carboxylic acids is 1. The standard InChI is InChI=1S/C25H48O3.C24H44O5.C19H37NO2.C5H10O.C2H6/c1-5-9-11-13-15-17-19-27-24(8-4)21-23(7-3)22-25(26)28-20-18-16-14-12-10-6-2;1-3-5-7-9-11-12-14-16-22(25)18-21(19-23(26)27)20-24(28)29-17-15-13-10-8-6-4-2;1-5-8-9-11-17(14-16(4)6-2)15-22-19(21)20-13-10-12-18(20)7-3;1-3-5(2)4-6;1-2/h8,23H,5-7,9-22H2,1-4H3;21H,3-20H2,1-2H3,(H,26,27);16-18H,5-15H2,1-4H3;4-5H,3H2,1-2H3;1-2H3/b24-8-;;;;. The molecule has 1 fully saturated rings. The van der Waals surface area contributed by atoms with Crippen LogP contribution in [-0.2, 0) is 42.9 Å². The van der Waals surface area contributed by atoms with Crippen molar-refractivity contribution in [2.24, 2.45) is 29.6 Å². The monoisotopic (exact) mass is 1240 g/mol. The van der Waals surface area contributed by atoms with Crippen LogP contribution in [0.4, 0.5) is 4.79 Å². The molecule has 0 aromatic rings. The summed E-state index contributed by atoms with van der Waals surface area (Å²) < 4.78 is 22.3. The first-order valence-corrected chi connectivity index (χ1v) is 36.8. The summed E-state index contributed by atoms with van der Waals surface area (Å²) in [4.78, 5) is 71.4. The van der Waals surface area contributed by atoms with Gasteiger partial charge in [0.1, 0.15) is 12.1 Å². The zero-order chi connectivity index (χ0) is 66.0. The Morgan fingerprint density at radius 3 is 1.37 bits per heavy atom. The summed E-state index contributed by atoms with van der Waals surface area (Å²) in [5, 5.41) is 9.08. The van der Waals surface area contributed by atoms with Crippen molar-refractivity contribution in [3.8, 4) is 0 Å². The molecule has 0 aromatic heterocycles. The van der Waals surface area contributed by atoms with Crippen molar-refractivity contribution in [1.82, 2.24) is 4.90 Å². The zero-order valence-corrected chi connectivity index (χ0v) is 59.8. The van der Waals surface area contributed by atoms with Gasteiger partial charge in [-0.3, -0.25) is 19.2 Å². The predicted molar refractivity (Wildman–Crippen MR) is 367 cm³/mol. The second kappa shape index (κ2) is 70.0. The number of esters is 2. The highest BCUT2D eigenvalue weighted by atomic mass is 16.6. The number of carboxylic acids is 1. The van der Waals surface area contributed by atoms with Crippen LogP contribution in [0.15, 0.2) is 11.8 Å². The van der Waals surface area contributed by atoms with E-state index in [4.69, 9.17) is 24.1 Å². The molecule has 0 saturated carbocycles. The number of aldehydes is 1. The molecule has 12 heteroatoms. The van der Waals surface area contributed by atoms with Crippen molar-refractivity contribution < 1.29 is 52.8 Å². The van der Waals surface area contributed by atoms with Gasteiger partial charge in [0.25, 0.3) is 0 Å². The van der Waals surface area contributed by atoms with E-state index in [2.05, 4.69) is 68.4 Å². The summed E-state index contributed by atoms with van der Waals surface area (Å²) >= 11 is 0. The number of hydrogen-bond acceptors (Lipinski definition) is 10. The van der Waals surface area contributed by atoms with Crippen molar-refractivity contribution in [3.63, 3.8) is 0 Å². The lowest BCUT2D eigenvalue weighted by atomic mass is 9.90. The smallest absolute Gasteiger partial charge is 0.410 e. The number of Topliss-reactive ketones (excluding diaryl/α,β-unsaturated/α-hetero) is 1. The van der Waals surface area contributed by atoms with Gasteiger partial charge < -0.3 is 33.7 Å². The summed E-state index contributed by atoms with van der Waals surface area (Å²) in [6.45, 7) is 33.1. The molecule has 1 rings (SSSR count). The lowest BCUT2D eigenvalue weighted by molar-refractivity contribution is -0.146. The van der Waals surface area contributed by atoms with Gasteiger partial charge in [0.15, 0.2) is 0 Å².